The van der Waals surface area contributed by atoms with Gasteiger partial charge >= 0.3 is 0 Å². The Hall–Kier alpha value is -2.92. The van der Waals surface area contributed by atoms with Crippen molar-refractivity contribution in [2.45, 2.75) is 6.42 Å². The highest BCUT2D eigenvalue weighted by atomic mass is 35.5. The molecule has 140 valence electrons. The zero-order valence-electron chi connectivity index (χ0n) is 14.8. The third kappa shape index (κ3) is 2.50. The highest BCUT2D eigenvalue weighted by molar-refractivity contribution is 6.34. The van der Waals surface area contributed by atoms with E-state index >= 15 is 0 Å². The Balaban J connectivity index is 1.39. The number of imide groups is 1. The lowest BCUT2D eigenvalue weighted by atomic mass is 9.85. The number of allylic oxidation sites excluding steroid dienone is 2. The second-order valence-electron chi connectivity index (χ2n) is 7.50. The van der Waals surface area contributed by atoms with E-state index in [4.69, 9.17) is 11.6 Å². The van der Waals surface area contributed by atoms with Crippen LogP contribution in [-0.4, -0.2) is 17.7 Å². The van der Waals surface area contributed by atoms with Gasteiger partial charge in [-0.2, -0.15) is 0 Å². The number of carbonyl (C=O) groups is 3. The molecule has 0 spiro atoms. The second-order valence-corrected chi connectivity index (χ2v) is 7.90. The molecule has 2 aromatic carbocycles. The van der Waals surface area contributed by atoms with E-state index in [9.17, 15) is 14.4 Å². The van der Waals surface area contributed by atoms with Crippen molar-refractivity contribution in [3.8, 4) is 0 Å². The molecule has 2 fully saturated rings. The summed E-state index contributed by atoms with van der Waals surface area (Å²) in [6, 6.07) is 13.7. The zero-order chi connectivity index (χ0) is 19.4. The Morgan fingerprint density at radius 2 is 1.61 bits per heavy atom. The third-order valence-electron chi connectivity index (χ3n) is 5.97. The molecule has 3 aliphatic rings. The largest absolute Gasteiger partial charge is 0.321 e. The predicted molar refractivity (Wildman–Crippen MR) is 106 cm³/mol. The van der Waals surface area contributed by atoms with Crippen molar-refractivity contribution in [3.63, 3.8) is 0 Å². The fourth-order valence-corrected chi connectivity index (χ4v) is 4.91. The van der Waals surface area contributed by atoms with Gasteiger partial charge < -0.3 is 5.32 Å². The van der Waals surface area contributed by atoms with Crippen molar-refractivity contribution < 1.29 is 14.4 Å². The molecule has 2 aliphatic carbocycles. The van der Waals surface area contributed by atoms with Crippen LogP contribution in [-0.2, 0) is 9.59 Å². The van der Waals surface area contributed by atoms with Crippen molar-refractivity contribution in [1.82, 2.24) is 0 Å². The van der Waals surface area contributed by atoms with Gasteiger partial charge in [0.2, 0.25) is 11.8 Å². The van der Waals surface area contributed by atoms with E-state index in [1.807, 2.05) is 6.07 Å². The fraction of sp³-hybridized carbons (Fsp3) is 0.227. The standard InChI is InChI=1S/C22H17ClN2O3/c23-16-11-15(8-9-17(16)24-20(26)12-4-2-1-3-5-12)25-21(27)18-13-6-7-14(10-13)19(18)22(25)28/h1-9,11,13-14,18-19H,10H2,(H,24,26)/t13-,14-,18+,19+/m0/s1. The smallest absolute Gasteiger partial charge is 0.255 e. The van der Waals surface area contributed by atoms with Crippen LogP contribution in [0.1, 0.15) is 16.8 Å². The van der Waals surface area contributed by atoms with Gasteiger partial charge in [0.25, 0.3) is 5.91 Å². The molecule has 0 unspecified atom stereocenters. The lowest BCUT2D eigenvalue weighted by Gasteiger charge is -2.18. The van der Waals surface area contributed by atoms with Gasteiger partial charge in [0.1, 0.15) is 0 Å². The van der Waals surface area contributed by atoms with Crippen LogP contribution in [0.4, 0.5) is 11.4 Å². The summed E-state index contributed by atoms with van der Waals surface area (Å²) in [4.78, 5) is 39.4. The average molecular weight is 393 g/mol. The Labute approximate surface area is 167 Å². The van der Waals surface area contributed by atoms with Crippen LogP contribution in [0, 0.1) is 23.7 Å². The fourth-order valence-electron chi connectivity index (χ4n) is 4.69. The van der Waals surface area contributed by atoms with Gasteiger partial charge in [-0.1, -0.05) is 42.0 Å². The van der Waals surface area contributed by atoms with E-state index < -0.39 is 0 Å². The van der Waals surface area contributed by atoms with Gasteiger partial charge in [0, 0.05) is 5.56 Å². The maximum Gasteiger partial charge on any atom is 0.255 e. The molecule has 28 heavy (non-hydrogen) atoms. The number of hydrogen-bond donors (Lipinski definition) is 1. The topological polar surface area (TPSA) is 66.5 Å². The van der Waals surface area contributed by atoms with E-state index in [1.165, 1.54) is 4.90 Å². The van der Waals surface area contributed by atoms with E-state index in [0.717, 1.165) is 6.42 Å². The number of anilines is 2. The molecule has 3 amide bonds. The molecule has 6 heteroatoms. The Morgan fingerprint density at radius 1 is 0.964 bits per heavy atom. The normalized spacial score (nSPS) is 27.4. The highest BCUT2D eigenvalue weighted by Gasteiger charge is 2.59. The van der Waals surface area contributed by atoms with Gasteiger partial charge in [0.15, 0.2) is 0 Å². The number of rotatable bonds is 3. The molecular weight excluding hydrogens is 376 g/mol. The summed E-state index contributed by atoms with van der Waals surface area (Å²) in [5, 5.41) is 3.04. The molecule has 1 saturated heterocycles. The molecule has 0 radical (unpaired) electrons. The van der Waals surface area contributed by atoms with Crippen LogP contribution in [0.15, 0.2) is 60.7 Å². The van der Waals surface area contributed by atoms with Gasteiger partial charge in [0.05, 0.1) is 28.2 Å². The Kier molecular flexibility index (Phi) is 3.88. The maximum absolute atomic E-state index is 12.9. The molecule has 1 saturated carbocycles. The van der Waals surface area contributed by atoms with Crippen molar-refractivity contribution in [2.75, 3.05) is 10.2 Å². The molecule has 0 aromatic heterocycles. The molecule has 1 heterocycles. The number of nitrogens with one attached hydrogen (secondary N) is 1. The SMILES string of the molecule is O=C(Nc1ccc(N2C(=O)[C@H]3[C@H](C2=O)[C@H]2C=C[C@H]3C2)cc1Cl)c1ccccc1. The molecule has 2 aromatic rings. The summed E-state index contributed by atoms with van der Waals surface area (Å²) < 4.78 is 0. The van der Waals surface area contributed by atoms with Crippen LogP contribution >= 0.6 is 11.6 Å². The van der Waals surface area contributed by atoms with Crippen molar-refractivity contribution in [3.05, 3.63) is 71.3 Å². The van der Waals surface area contributed by atoms with Gasteiger partial charge in [-0.25, -0.2) is 4.90 Å². The Morgan fingerprint density at radius 3 is 2.21 bits per heavy atom. The zero-order valence-corrected chi connectivity index (χ0v) is 15.6. The number of nitrogens with zero attached hydrogens (tertiary/aromatic N) is 1. The first-order valence-electron chi connectivity index (χ1n) is 9.26. The average Bonchev–Trinajstić information content (AvgIpc) is 3.38. The number of fused-ring (bicyclic) bond motifs is 5. The van der Waals surface area contributed by atoms with Crippen molar-refractivity contribution in [2.24, 2.45) is 23.7 Å². The summed E-state index contributed by atoms with van der Waals surface area (Å²) in [5.41, 5.74) is 1.40. The lowest BCUT2D eigenvalue weighted by Crippen LogP contribution is -2.32. The summed E-state index contributed by atoms with van der Waals surface area (Å²) in [6.07, 6.45) is 5.03. The number of halogens is 1. The maximum atomic E-state index is 12.9. The van der Waals surface area contributed by atoms with Crippen LogP contribution in [0.2, 0.25) is 5.02 Å². The van der Waals surface area contributed by atoms with E-state index in [1.54, 1.807) is 42.5 Å². The van der Waals surface area contributed by atoms with E-state index in [-0.39, 0.29) is 46.4 Å². The quantitative estimate of drug-likeness (QED) is 0.636. The van der Waals surface area contributed by atoms with E-state index in [2.05, 4.69) is 17.5 Å². The minimum Gasteiger partial charge on any atom is -0.321 e. The molecule has 4 atom stereocenters. The lowest BCUT2D eigenvalue weighted by molar-refractivity contribution is -0.123. The van der Waals surface area contributed by atoms with Crippen LogP contribution in [0.25, 0.3) is 0 Å². The first-order valence-corrected chi connectivity index (χ1v) is 9.64. The second kappa shape index (κ2) is 6.31. The van der Waals surface area contributed by atoms with Crippen molar-refractivity contribution in [1.29, 1.82) is 0 Å². The first kappa shape index (κ1) is 17.2. The molecule has 1 N–H and O–H groups in total. The summed E-state index contributed by atoms with van der Waals surface area (Å²) in [7, 11) is 0. The van der Waals surface area contributed by atoms with Crippen LogP contribution in [0.3, 0.4) is 0 Å². The Bertz CT molecular complexity index is 1000. The van der Waals surface area contributed by atoms with Crippen LogP contribution < -0.4 is 10.2 Å². The number of hydrogen-bond acceptors (Lipinski definition) is 3. The molecule has 5 rings (SSSR count). The molecule has 1 aliphatic heterocycles. The summed E-state index contributed by atoms with van der Waals surface area (Å²) in [6.45, 7) is 0. The van der Waals surface area contributed by atoms with Gasteiger partial charge in [-0.3, -0.25) is 14.4 Å². The number of benzene rings is 2. The first-order chi connectivity index (χ1) is 13.5. The molecule has 5 nitrogen and oxygen atoms in total. The molecule has 2 bridgehead atoms. The summed E-state index contributed by atoms with van der Waals surface area (Å²) in [5.74, 6) is -0.751. The van der Waals surface area contributed by atoms with Gasteiger partial charge in [-0.05, 0) is 48.6 Å². The highest BCUT2D eigenvalue weighted by Crippen LogP contribution is 2.53. The minimum absolute atomic E-state index is 0.149. The van der Waals surface area contributed by atoms with E-state index in [0.29, 0.717) is 16.9 Å². The summed E-state index contributed by atoms with van der Waals surface area (Å²) >= 11 is 6.35. The number of amides is 3. The molecular formula is C22H17ClN2O3. The predicted octanol–water partition coefficient (Wildman–Crippen LogP) is 3.90. The van der Waals surface area contributed by atoms with Crippen LogP contribution in [0.5, 0.6) is 0 Å². The minimum atomic E-state index is -0.277. The monoisotopic (exact) mass is 392 g/mol. The third-order valence-corrected chi connectivity index (χ3v) is 6.28. The van der Waals surface area contributed by atoms with Crippen molar-refractivity contribution >= 4 is 40.7 Å². The number of carbonyl (C=O) groups excluding carboxylic acids is 3. The van der Waals surface area contributed by atoms with Gasteiger partial charge in [-0.15, -0.1) is 0 Å².